The van der Waals surface area contributed by atoms with Gasteiger partial charge in [-0.05, 0) is 12.5 Å². The fourth-order valence-corrected chi connectivity index (χ4v) is 1.46. The molecule has 0 saturated carbocycles. The molecule has 1 aromatic carbocycles. The molecule has 2 nitrogen and oxygen atoms in total. The first-order valence-corrected chi connectivity index (χ1v) is 4.46. The lowest BCUT2D eigenvalue weighted by Crippen LogP contribution is -2.12. The number of aryl methyl sites for hydroxylation is 1. The van der Waals surface area contributed by atoms with Gasteiger partial charge in [0.15, 0.2) is 0 Å². The van der Waals surface area contributed by atoms with E-state index < -0.39 is 0 Å². The van der Waals surface area contributed by atoms with E-state index in [0.29, 0.717) is 5.70 Å². The molecule has 0 bridgehead atoms. The molecule has 1 heterocycles. The molecule has 1 N–H and O–H groups in total. The number of allylic oxidation sites excluding steroid dienone is 1. The van der Waals surface area contributed by atoms with Crippen LogP contribution in [0.4, 0.5) is 0 Å². The number of rotatable bonds is 1. The third kappa shape index (κ3) is 1.46. The van der Waals surface area contributed by atoms with Crippen LogP contribution in [0.3, 0.4) is 0 Å². The van der Waals surface area contributed by atoms with E-state index in [-0.39, 0.29) is 5.91 Å². The molecular formula is C12H11NO. The molecular weight excluding hydrogens is 174 g/mol. The monoisotopic (exact) mass is 185 g/mol. The Hall–Kier alpha value is -1.83. The van der Waals surface area contributed by atoms with Crippen molar-refractivity contribution in [3.63, 3.8) is 0 Å². The first-order chi connectivity index (χ1) is 6.66. The summed E-state index contributed by atoms with van der Waals surface area (Å²) < 4.78 is 0. The lowest BCUT2D eigenvalue weighted by Gasteiger charge is -2.03. The first kappa shape index (κ1) is 8.75. The van der Waals surface area contributed by atoms with Crippen molar-refractivity contribution in [2.45, 2.75) is 6.92 Å². The Kier molecular flexibility index (Phi) is 1.97. The normalized spacial score (nSPS) is 15.4. The quantitative estimate of drug-likeness (QED) is 0.712. The van der Waals surface area contributed by atoms with Crippen molar-refractivity contribution in [1.82, 2.24) is 5.32 Å². The summed E-state index contributed by atoms with van der Waals surface area (Å²) in [5.74, 6) is -0.0921. The average molecular weight is 185 g/mol. The van der Waals surface area contributed by atoms with Crippen molar-refractivity contribution < 1.29 is 4.79 Å². The molecule has 2 rings (SSSR count). The Balaban J connectivity index is 2.41. The molecule has 0 spiro atoms. The molecule has 0 saturated heterocycles. The van der Waals surface area contributed by atoms with Gasteiger partial charge in [-0.15, -0.1) is 0 Å². The van der Waals surface area contributed by atoms with E-state index in [1.165, 1.54) is 5.56 Å². The SMILES string of the molecule is C=C1NC(=O)C=C1c1ccc(C)cc1. The summed E-state index contributed by atoms with van der Waals surface area (Å²) in [6.07, 6.45) is 1.58. The van der Waals surface area contributed by atoms with Gasteiger partial charge in [-0.25, -0.2) is 0 Å². The van der Waals surface area contributed by atoms with Crippen molar-refractivity contribution in [1.29, 1.82) is 0 Å². The second kappa shape index (κ2) is 3.14. The molecule has 1 amide bonds. The van der Waals surface area contributed by atoms with Gasteiger partial charge in [-0.1, -0.05) is 36.4 Å². The van der Waals surface area contributed by atoms with Crippen molar-refractivity contribution in [2.75, 3.05) is 0 Å². The van der Waals surface area contributed by atoms with E-state index in [4.69, 9.17) is 0 Å². The summed E-state index contributed by atoms with van der Waals surface area (Å²) in [6, 6.07) is 8.03. The van der Waals surface area contributed by atoms with E-state index >= 15 is 0 Å². The number of benzene rings is 1. The Bertz CT molecular complexity index is 426. The molecule has 0 unspecified atom stereocenters. The minimum absolute atomic E-state index is 0.0921. The Morgan fingerprint density at radius 1 is 1.21 bits per heavy atom. The first-order valence-electron chi connectivity index (χ1n) is 4.46. The van der Waals surface area contributed by atoms with E-state index in [9.17, 15) is 4.79 Å². The zero-order chi connectivity index (χ0) is 10.1. The zero-order valence-electron chi connectivity index (χ0n) is 8.00. The fourth-order valence-electron chi connectivity index (χ4n) is 1.46. The number of nitrogens with one attached hydrogen (secondary N) is 1. The lowest BCUT2D eigenvalue weighted by atomic mass is 10.0. The highest BCUT2D eigenvalue weighted by Gasteiger charge is 2.16. The van der Waals surface area contributed by atoms with Crippen LogP contribution in [0.25, 0.3) is 5.57 Å². The summed E-state index contributed by atoms with van der Waals surface area (Å²) in [5.41, 5.74) is 3.80. The van der Waals surface area contributed by atoms with E-state index in [2.05, 4.69) is 11.9 Å². The molecule has 70 valence electrons. The van der Waals surface area contributed by atoms with Gasteiger partial charge in [0, 0.05) is 17.3 Å². The van der Waals surface area contributed by atoms with Gasteiger partial charge in [-0.2, -0.15) is 0 Å². The van der Waals surface area contributed by atoms with Crippen molar-refractivity contribution in [3.8, 4) is 0 Å². The van der Waals surface area contributed by atoms with E-state index in [0.717, 1.165) is 11.1 Å². The topological polar surface area (TPSA) is 29.1 Å². The molecule has 1 aliphatic heterocycles. The maximum absolute atomic E-state index is 11.1. The lowest BCUT2D eigenvalue weighted by molar-refractivity contribution is -0.115. The van der Waals surface area contributed by atoms with Crippen LogP contribution in [-0.2, 0) is 4.79 Å². The Morgan fingerprint density at radius 3 is 2.36 bits per heavy atom. The summed E-state index contributed by atoms with van der Waals surface area (Å²) >= 11 is 0. The molecule has 1 aromatic rings. The maximum atomic E-state index is 11.1. The van der Waals surface area contributed by atoms with Gasteiger partial charge in [0.25, 0.3) is 0 Å². The van der Waals surface area contributed by atoms with Crippen molar-refractivity contribution in [2.24, 2.45) is 0 Å². The summed E-state index contributed by atoms with van der Waals surface area (Å²) in [5, 5.41) is 2.65. The van der Waals surface area contributed by atoms with Crippen LogP contribution in [0.2, 0.25) is 0 Å². The highest BCUT2D eigenvalue weighted by molar-refractivity contribution is 6.06. The largest absolute Gasteiger partial charge is 0.322 e. The highest BCUT2D eigenvalue weighted by atomic mass is 16.1. The van der Waals surface area contributed by atoms with Gasteiger partial charge in [0.1, 0.15) is 0 Å². The molecule has 0 aromatic heterocycles. The number of carbonyl (C=O) groups is 1. The van der Waals surface area contributed by atoms with Crippen molar-refractivity contribution >= 4 is 11.5 Å². The van der Waals surface area contributed by atoms with Crippen LogP contribution in [0.15, 0.2) is 42.6 Å². The number of carbonyl (C=O) groups excluding carboxylic acids is 1. The van der Waals surface area contributed by atoms with Gasteiger partial charge in [0.05, 0.1) is 0 Å². The Morgan fingerprint density at radius 2 is 1.86 bits per heavy atom. The average Bonchev–Trinajstić information content (AvgIpc) is 2.47. The van der Waals surface area contributed by atoms with Crippen LogP contribution >= 0.6 is 0 Å². The van der Waals surface area contributed by atoms with Crippen LogP contribution < -0.4 is 5.32 Å². The minimum Gasteiger partial charge on any atom is -0.322 e. The zero-order valence-corrected chi connectivity index (χ0v) is 8.00. The molecule has 0 fully saturated rings. The predicted octanol–water partition coefficient (Wildman–Crippen LogP) is 2.02. The molecule has 1 aliphatic rings. The van der Waals surface area contributed by atoms with Crippen LogP contribution in [0, 0.1) is 6.92 Å². The number of hydrogen-bond donors (Lipinski definition) is 1. The third-order valence-corrected chi connectivity index (χ3v) is 2.24. The molecule has 2 heteroatoms. The standard InChI is InChI=1S/C12H11NO/c1-8-3-5-10(6-4-8)11-7-12(14)13-9(11)2/h3-7H,2H2,1H3,(H,13,14). The molecule has 0 aliphatic carbocycles. The fraction of sp³-hybridized carbons (Fsp3) is 0.0833. The van der Waals surface area contributed by atoms with Crippen LogP contribution in [0.1, 0.15) is 11.1 Å². The van der Waals surface area contributed by atoms with Crippen LogP contribution in [-0.4, -0.2) is 5.91 Å². The summed E-state index contributed by atoms with van der Waals surface area (Å²) in [6.45, 7) is 5.82. The summed E-state index contributed by atoms with van der Waals surface area (Å²) in [4.78, 5) is 11.1. The molecule has 14 heavy (non-hydrogen) atoms. The van der Waals surface area contributed by atoms with E-state index in [1.807, 2.05) is 31.2 Å². The predicted molar refractivity (Wildman–Crippen MR) is 56.4 cm³/mol. The van der Waals surface area contributed by atoms with Gasteiger partial charge in [-0.3, -0.25) is 4.79 Å². The smallest absolute Gasteiger partial charge is 0.249 e. The number of amides is 1. The minimum atomic E-state index is -0.0921. The summed E-state index contributed by atoms with van der Waals surface area (Å²) in [7, 11) is 0. The van der Waals surface area contributed by atoms with Crippen LogP contribution in [0.5, 0.6) is 0 Å². The maximum Gasteiger partial charge on any atom is 0.249 e. The van der Waals surface area contributed by atoms with E-state index in [1.54, 1.807) is 6.08 Å². The highest BCUT2D eigenvalue weighted by Crippen LogP contribution is 2.23. The number of hydrogen-bond acceptors (Lipinski definition) is 1. The van der Waals surface area contributed by atoms with Crippen molar-refractivity contribution in [3.05, 3.63) is 53.7 Å². The molecule has 0 radical (unpaired) electrons. The van der Waals surface area contributed by atoms with Gasteiger partial charge < -0.3 is 5.32 Å². The second-order valence-electron chi connectivity index (χ2n) is 3.39. The Labute approximate surface area is 82.9 Å². The molecule has 0 atom stereocenters. The second-order valence-corrected chi connectivity index (χ2v) is 3.39. The van der Waals surface area contributed by atoms with Gasteiger partial charge >= 0.3 is 0 Å². The van der Waals surface area contributed by atoms with Gasteiger partial charge in [0.2, 0.25) is 5.91 Å². The third-order valence-electron chi connectivity index (χ3n) is 2.24.